The lowest BCUT2D eigenvalue weighted by atomic mass is 9.84. The number of benzene rings is 2. The molecule has 0 saturated carbocycles. The maximum atomic E-state index is 13.7. The van der Waals surface area contributed by atoms with Crippen molar-refractivity contribution in [2.75, 3.05) is 26.2 Å². The van der Waals surface area contributed by atoms with Gasteiger partial charge < -0.3 is 14.5 Å². The Morgan fingerprint density at radius 3 is 2.13 bits per heavy atom. The van der Waals surface area contributed by atoms with Crippen LogP contribution in [0.5, 0.6) is 0 Å². The summed E-state index contributed by atoms with van der Waals surface area (Å²) in [5, 5.41) is 3.99. The van der Waals surface area contributed by atoms with Crippen LogP contribution < -0.4 is 0 Å². The third-order valence-electron chi connectivity index (χ3n) is 9.68. The lowest BCUT2D eigenvalue weighted by molar-refractivity contribution is -0.143. The number of halogens is 6. The molecule has 6 nitrogen and oxygen atoms in total. The van der Waals surface area contributed by atoms with Gasteiger partial charge in [-0.2, -0.15) is 37.7 Å². The molecule has 3 fully saturated rings. The molecule has 0 radical (unpaired) electrons. The van der Waals surface area contributed by atoms with Crippen molar-refractivity contribution in [3.8, 4) is 0 Å². The van der Waals surface area contributed by atoms with Crippen LogP contribution in [-0.4, -0.2) is 70.6 Å². The molecule has 0 bridgehead atoms. The van der Waals surface area contributed by atoms with Crippen LogP contribution in [0.3, 0.4) is 0 Å². The first-order valence-electron chi connectivity index (χ1n) is 15.7. The third kappa shape index (κ3) is 7.61. The highest BCUT2D eigenvalue weighted by Gasteiger charge is 2.45. The van der Waals surface area contributed by atoms with Gasteiger partial charge in [0.2, 0.25) is 0 Å². The van der Waals surface area contributed by atoms with Gasteiger partial charge in [-0.25, -0.2) is 4.79 Å². The number of carbonyl (C=O) groups excluding carboxylic acids is 2. The van der Waals surface area contributed by atoms with Gasteiger partial charge in [-0.1, -0.05) is 30.3 Å². The molecule has 0 N–H and O–H groups in total. The summed E-state index contributed by atoms with van der Waals surface area (Å²) in [4.78, 5) is 32.1. The molecule has 2 aromatic carbocycles. The summed E-state index contributed by atoms with van der Waals surface area (Å²) in [5.74, 6) is -0.847. The van der Waals surface area contributed by atoms with Gasteiger partial charge in [-0.15, -0.1) is 0 Å². The number of amides is 2. The second-order valence-electron chi connectivity index (χ2n) is 12.7. The number of nitrogens with zero attached hydrogens (tertiary/aromatic N) is 3. The number of piperidine rings is 2. The van der Waals surface area contributed by atoms with Gasteiger partial charge in [0, 0.05) is 69.6 Å². The number of hydrogen-bond acceptors (Lipinski definition) is 5. The highest BCUT2D eigenvalue weighted by Crippen LogP contribution is 2.39. The predicted octanol–water partition coefficient (Wildman–Crippen LogP) is 7.88. The summed E-state index contributed by atoms with van der Waals surface area (Å²) in [6, 6.07) is 12.0. The van der Waals surface area contributed by atoms with Gasteiger partial charge in [0.1, 0.15) is 5.60 Å². The number of thiophene rings is 1. The summed E-state index contributed by atoms with van der Waals surface area (Å²) in [7, 11) is 0. The monoisotopic (exact) mass is 679 g/mol. The highest BCUT2D eigenvalue weighted by atomic mass is 32.1. The highest BCUT2D eigenvalue weighted by molar-refractivity contribution is 7.07. The summed E-state index contributed by atoms with van der Waals surface area (Å²) in [6.07, 6.45) is -6.91. The van der Waals surface area contributed by atoms with E-state index in [0.717, 1.165) is 17.5 Å². The van der Waals surface area contributed by atoms with Crippen LogP contribution in [0.15, 0.2) is 65.4 Å². The lowest BCUT2D eigenvalue weighted by Crippen LogP contribution is -2.58. The molecule has 1 unspecified atom stereocenters. The van der Waals surface area contributed by atoms with Crippen molar-refractivity contribution in [3.05, 3.63) is 93.2 Å². The van der Waals surface area contributed by atoms with Gasteiger partial charge in [-0.3, -0.25) is 9.69 Å². The number of carbonyl (C=O) groups is 2. The van der Waals surface area contributed by atoms with Crippen LogP contribution in [0.25, 0.3) is 0 Å². The van der Waals surface area contributed by atoms with Crippen LogP contribution in [0, 0.1) is 0 Å². The number of alkyl halides is 6. The van der Waals surface area contributed by atoms with Gasteiger partial charge >= 0.3 is 18.4 Å². The number of rotatable bonds is 6. The first-order valence-corrected chi connectivity index (χ1v) is 16.6. The SMILES string of the molecule is O=C1OC2(CCN1Cc1ccsc1)CCN(C1CCN(C(=O)c3cc(C(F)(F)F)cc(C(F)(F)F)c3)[C@H](Cc3ccccc3)C1)CC2. The Morgan fingerprint density at radius 2 is 1.53 bits per heavy atom. The number of likely N-dealkylation sites (tertiary alicyclic amines) is 2. The molecule has 4 heterocycles. The van der Waals surface area contributed by atoms with Crippen molar-refractivity contribution in [1.29, 1.82) is 0 Å². The molecule has 47 heavy (non-hydrogen) atoms. The molecular weight excluding hydrogens is 644 g/mol. The first-order chi connectivity index (χ1) is 22.3. The van der Waals surface area contributed by atoms with Gasteiger partial charge in [0.05, 0.1) is 11.1 Å². The van der Waals surface area contributed by atoms with E-state index in [-0.39, 0.29) is 24.7 Å². The van der Waals surface area contributed by atoms with Gasteiger partial charge in [-0.05, 0) is 65.4 Å². The molecule has 2 amide bonds. The van der Waals surface area contributed by atoms with Crippen LogP contribution >= 0.6 is 11.3 Å². The second kappa shape index (κ2) is 13.1. The summed E-state index contributed by atoms with van der Waals surface area (Å²) < 4.78 is 87.5. The molecule has 2 atom stereocenters. The summed E-state index contributed by atoms with van der Waals surface area (Å²) >= 11 is 1.58. The van der Waals surface area contributed by atoms with Gasteiger partial charge in [0.15, 0.2) is 0 Å². The average molecular weight is 680 g/mol. The van der Waals surface area contributed by atoms with Crippen LogP contribution in [0.1, 0.15) is 64.7 Å². The van der Waals surface area contributed by atoms with Crippen molar-refractivity contribution >= 4 is 23.3 Å². The second-order valence-corrected chi connectivity index (χ2v) is 13.5. The van der Waals surface area contributed by atoms with Crippen molar-refractivity contribution in [1.82, 2.24) is 14.7 Å². The summed E-state index contributed by atoms with van der Waals surface area (Å²) in [6.45, 7) is 2.67. The van der Waals surface area contributed by atoms with Crippen molar-refractivity contribution < 1.29 is 40.7 Å². The minimum atomic E-state index is -5.05. The van der Waals surface area contributed by atoms with Crippen molar-refractivity contribution in [2.24, 2.45) is 0 Å². The van der Waals surface area contributed by atoms with E-state index < -0.39 is 46.6 Å². The zero-order valence-electron chi connectivity index (χ0n) is 25.5. The molecule has 1 spiro atoms. The number of hydrogen-bond donors (Lipinski definition) is 0. The van der Waals surface area contributed by atoms with Crippen LogP contribution in [0.4, 0.5) is 31.1 Å². The molecule has 1 aromatic heterocycles. The first kappa shape index (κ1) is 33.3. The minimum absolute atomic E-state index is 0.0401. The fourth-order valence-corrected chi connectivity index (χ4v) is 7.74. The molecule has 3 saturated heterocycles. The molecular formula is C34H35F6N3O3S. The molecule has 0 aliphatic carbocycles. The quantitative estimate of drug-likeness (QED) is 0.249. The smallest absolute Gasteiger partial charge is 0.416 e. The normalized spacial score (nSPS) is 22.4. The maximum Gasteiger partial charge on any atom is 0.416 e. The van der Waals surface area contributed by atoms with E-state index >= 15 is 0 Å². The number of ether oxygens (including phenoxy) is 1. The van der Waals surface area contributed by atoms with E-state index in [9.17, 15) is 35.9 Å². The van der Waals surface area contributed by atoms with E-state index in [1.807, 2.05) is 47.2 Å². The van der Waals surface area contributed by atoms with E-state index in [2.05, 4.69) is 4.90 Å². The van der Waals surface area contributed by atoms with E-state index in [0.29, 0.717) is 70.4 Å². The van der Waals surface area contributed by atoms with E-state index in [4.69, 9.17) is 4.74 Å². The Balaban J connectivity index is 1.16. The Labute approximate surface area is 272 Å². The van der Waals surface area contributed by atoms with E-state index in [1.54, 1.807) is 16.2 Å². The standard InChI is InChI=1S/C34H35F6N3O3S/c35-33(36,37)26-17-25(18-27(19-26)34(38,39)40)30(44)43-11-6-28(20-29(43)16-23-4-2-1-3-5-23)41-12-8-32(9-13-41)10-14-42(31(45)46-32)21-24-7-15-47-22-24/h1-5,7,15,17-19,22,28-29H,6,8-14,16,20-21H2/t28?,29-/m1/s1. The van der Waals surface area contributed by atoms with Crippen molar-refractivity contribution in [3.63, 3.8) is 0 Å². The zero-order chi connectivity index (χ0) is 33.4. The molecule has 3 aromatic rings. The minimum Gasteiger partial charge on any atom is -0.443 e. The van der Waals surface area contributed by atoms with Gasteiger partial charge in [0.25, 0.3) is 5.91 Å². The molecule has 3 aliphatic heterocycles. The Hall–Kier alpha value is -3.58. The zero-order valence-corrected chi connectivity index (χ0v) is 26.3. The largest absolute Gasteiger partial charge is 0.443 e. The molecule has 13 heteroatoms. The van der Waals surface area contributed by atoms with Crippen molar-refractivity contribution in [2.45, 2.75) is 75.1 Å². The predicted molar refractivity (Wildman–Crippen MR) is 164 cm³/mol. The van der Waals surface area contributed by atoms with Crippen LogP contribution in [-0.2, 0) is 30.1 Å². The Morgan fingerprint density at radius 1 is 0.872 bits per heavy atom. The maximum absolute atomic E-state index is 13.7. The Bertz CT molecular complexity index is 1520. The van der Waals surface area contributed by atoms with Crippen LogP contribution in [0.2, 0.25) is 0 Å². The Kier molecular flexibility index (Phi) is 9.32. The van der Waals surface area contributed by atoms with E-state index in [1.165, 1.54) is 4.90 Å². The molecule has 252 valence electrons. The summed E-state index contributed by atoms with van der Waals surface area (Å²) in [5.41, 5.74) is -2.19. The average Bonchev–Trinajstić information content (AvgIpc) is 3.55. The fourth-order valence-electron chi connectivity index (χ4n) is 7.08. The fraction of sp³-hybridized carbons (Fsp3) is 0.471. The lowest BCUT2D eigenvalue weighted by Gasteiger charge is -2.49. The topological polar surface area (TPSA) is 53.1 Å². The molecule has 3 aliphatic rings. The third-order valence-corrected chi connectivity index (χ3v) is 10.4. The molecule has 6 rings (SSSR count).